The molecule has 2 saturated heterocycles. The van der Waals surface area contributed by atoms with Crippen LogP contribution in [0, 0.1) is 5.21 Å². The summed E-state index contributed by atoms with van der Waals surface area (Å²) in [5, 5.41) is 24.3. The highest BCUT2D eigenvalue weighted by Gasteiger charge is 2.39. The van der Waals surface area contributed by atoms with Gasteiger partial charge in [0, 0.05) is 50.7 Å². The number of hydrogen-bond acceptors (Lipinski definition) is 8. The van der Waals surface area contributed by atoms with Crippen LogP contribution in [-0.2, 0) is 6.54 Å². The summed E-state index contributed by atoms with van der Waals surface area (Å²) < 4.78 is -0.256. The largest absolute Gasteiger partial charge is 0.632 e. The van der Waals surface area contributed by atoms with Gasteiger partial charge >= 0.3 is 0 Å². The summed E-state index contributed by atoms with van der Waals surface area (Å²) in [6, 6.07) is 4.44. The fourth-order valence-corrected chi connectivity index (χ4v) is 5.29. The van der Waals surface area contributed by atoms with Gasteiger partial charge in [-0.25, -0.2) is 4.98 Å². The maximum Gasteiger partial charge on any atom is 0.174 e. The monoisotopic (exact) mass is 426 g/mol. The van der Waals surface area contributed by atoms with E-state index < -0.39 is 0 Å². The van der Waals surface area contributed by atoms with Gasteiger partial charge in [0.15, 0.2) is 6.29 Å². The van der Waals surface area contributed by atoms with E-state index in [-0.39, 0.29) is 17.0 Å². The number of hydroxylamine groups is 3. The number of quaternary nitrogens is 1. The van der Waals surface area contributed by atoms with E-state index in [4.69, 9.17) is 0 Å². The number of anilines is 1. The molecule has 5 rings (SSSR count). The van der Waals surface area contributed by atoms with Crippen molar-refractivity contribution in [3.05, 3.63) is 40.5 Å². The summed E-state index contributed by atoms with van der Waals surface area (Å²) in [6.07, 6.45) is 5.91. The van der Waals surface area contributed by atoms with E-state index in [2.05, 4.69) is 54.8 Å². The molecule has 4 aliphatic rings. The molecule has 5 heterocycles. The quantitative estimate of drug-likeness (QED) is 0.468. The Labute approximate surface area is 184 Å². The van der Waals surface area contributed by atoms with Crippen molar-refractivity contribution in [1.82, 2.24) is 25.8 Å². The molecule has 0 spiro atoms. The minimum atomic E-state index is -0.256. The number of rotatable bonds is 5. The second kappa shape index (κ2) is 8.74. The van der Waals surface area contributed by atoms with E-state index in [9.17, 15) is 5.21 Å². The van der Waals surface area contributed by atoms with Crippen LogP contribution in [-0.4, -0.2) is 85.4 Å². The lowest BCUT2D eigenvalue weighted by Gasteiger charge is -2.43. The zero-order valence-electron chi connectivity index (χ0n) is 18.4. The van der Waals surface area contributed by atoms with Crippen LogP contribution in [0.25, 0.3) is 0 Å². The highest BCUT2D eigenvalue weighted by molar-refractivity contribution is 5.81. The minimum absolute atomic E-state index is 0.113. The van der Waals surface area contributed by atoms with E-state index in [0.717, 1.165) is 74.9 Å². The second-order valence-corrected chi connectivity index (χ2v) is 9.06. The van der Waals surface area contributed by atoms with Crippen LogP contribution in [0.3, 0.4) is 0 Å². The zero-order valence-corrected chi connectivity index (χ0v) is 18.4. The maximum absolute atomic E-state index is 14.0. The summed E-state index contributed by atoms with van der Waals surface area (Å²) in [6.45, 7) is 9.35. The van der Waals surface area contributed by atoms with E-state index in [1.807, 2.05) is 12.4 Å². The Balaban J connectivity index is 1.34. The molecule has 3 N–H and O–H groups in total. The van der Waals surface area contributed by atoms with E-state index >= 15 is 0 Å². The molecule has 168 valence electrons. The van der Waals surface area contributed by atoms with Crippen LogP contribution in [0.5, 0.6) is 0 Å². The van der Waals surface area contributed by atoms with E-state index in [1.54, 1.807) is 0 Å². The minimum Gasteiger partial charge on any atom is -0.632 e. The van der Waals surface area contributed by atoms with Gasteiger partial charge in [0.25, 0.3) is 0 Å². The predicted octanol–water partition coefficient (Wildman–Crippen LogP) is 0.563. The maximum atomic E-state index is 14.0. The van der Waals surface area contributed by atoms with Crippen LogP contribution in [0.15, 0.2) is 34.7 Å². The Kier molecular flexibility index (Phi) is 5.83. The summed E-state index contributed by atoms with van der Waals surface area (Å²) >= 11 is 0. The number of hydrogen-bond donors (Lipinski definition) is 3. The average Bonchev–Trinajstić information content (AvgIpc) is 3.19. The standard InChI is InChI=1S/C22H34N8O/c1-2-24-22-26-13-18-15-30(31,16-19-4-3-9-29(19)21(18)27-22)14-17-5-6-20(25-12-17)28-10-7-23-8-11-28/h5-6,12-13,19,22-24,27H,2-4,7-11,14-16H2,1H3/t19?,22-,30?/m0/s1. The third-order valence-corrected chi connectivity index (χ3v) is 6.74. The van der Waals surface area contributed by atoms with Crippen molar-refractivity contribution < 1.29 is 4.65 Å². The van der Waals surface area contributed by atoms with Gasteiger partial charge in [-0.2, -0.15) is 0 Å². The first kappa shape index (κ1) is 20.7. The molecule has 0 radical (unpaired) electrons. The van der Waals surface area contributed by atoms with Gasteiger partial charge in [-0.3, -0.25) is 10.3 Å². The Morgan fingerprint density at radius 3 is 2.90 bits per heavy atom. The number of pyridine rings is 1. The third-order valence-electron chi connectivity index (χ3n) is 6.74. The molecule has 9 nitrogen and oxygen atoms in total. The van der Waals surface area contributed by atoms with Gasteiger partial charge in [-0.1, -0.05) is 6.92 Å². The number of aliphatic imine (C=N–C) groups is 1. The molecule has 0 amide bonds. The molecular formula is C22H34N8O. The smallest absolute Gasteiger partial charge is 0.174 e. The summed E-state index contributed by atoms with van der Waals surface area (Å²) in [7, 11) is 0. The first-order valence-electron chi connectivity index (χ1n) is 11.6. The molecule has 4 aliphatic heterocycles. The normalized spacial score (nSPS) is 30.6. The Morgan fingerprint density at radius 1 is 1.26 bits per heavy atom. The van der Waals surface area contributed by atoms with Gasteiger partial charge in [0.05, 0.1) is 18.2 Å². The Morgan fingerprint density at radius 2 is 2.13 bits per heavy atom. The van der Waals surface area contributed by atoms with E-state index in [1.165, 1.54) is 0 Å². The van der Waals surface area contributed by atoms with Crippen molar-refractivity contribution in [3.63, 3.8) is 0 Å². The number of nitrogens with one attached hydrogen (secondary N) is 3. The zero-order chi connectivity index (χ0) is 21.3. The fourth-order valence-electron chi connectivity index (χ4n) is 5.29. The highest BCUT2D eigenvalue weighted by atomic mass is 16.5. The summed E-state index contributed by atoms with van der Waals surface area (Å²) in [4.78, 5) is 14.0. The van der Waals surface area contributed by atoms with Crippen LogP contribution >= 0.6 is 0 Å². The molecule has 0 aromatic carbocycles. The van der Waals surface area contributed by atoms with Crippen LogP contribution < -0.4 is 20.9 Å². The van der Waals surface area contributed by atoms with Crippen LogP contribution in [0.1, 0.15) is 25.3 Å². The SMILES string of the molecule is CCN[C@H]1N=CC2=C(N1)N1CCCC1C[N+]([O-])(Cc1ccc(N3CCNCC3)nc1)C2. The van der Waals surface area contributed by atoms with Gasteiger partial charge in [-0.05, 0) is 31.5 Å². The lowest BCUT2D eigenvalue weighted by molar-refractivity contribution is -0.890. The Hall–Kier alpha value is -2.20. The highest BCUT2D eigenvalue weighted by Crippen LogP contribution is 2.32. The van der Waals surface area contributed by atoms with Crippen molar-refractivity contribution >= 4 is 12.0 Å². The molecule has 0 saturated carbocycles. The van der Waals surface area contributed by atoms with Gasteiger partial charge in [0.2, 0.25) is 0 Å². The van der Waals surface area contributed by atoms with Crippen molar-refractivity contribution in [2.75, 3.05) is 57.3 Å². The second-order valence-electron chi connectivity index (χ2n) is 9.06. The first-order chi connectivity index (χ1) is 15.1. The molecule has 1 aromatic rings. The molecule has 1 aromatic heterocycles. The number of fused-ring (bicyclic) bond motifs is 2. The molecule has 2 unspecified atom stereocenters. The number of aromatic nitrogens is 1. The van der Waals surface area contributed by atoms with Crippen LogP contribution in [0.4, 0.5) is 5.82 Å². The lowest BCUT2D eigenvalue weighted by atomic mass is 10.1. The van der Waals surface area contributed by atoms with Gasteiger partial charge in [-0.15, -0.1) is 0 Å². The topological polar surface area (TPSA) is 90.9 Å². The van der Waals surface area contributed by atoms with Crippen molar-refractivity contribution in [1.29, 1.82) is 0 Å². The van der Waals surface area contributed by atoms with Crippen LogP contribution in [0.2, 0.25) is 0 Å². The first-order valence-corrected chi connectivity index (χ1v) is 11.6. The average molecular weight is 427 g/mol. The van der Waals surface area contributed by atoms with Gasteiger partial charge in [0.1, 0.15) is 24.7 Å². The molecule has 0 bridgehead atoms. The molecule has 3 atom stereocenters. The van der Waals surface area contributed by atoms with Gasteiger partial charge < -0.3 is 30.3 Å². The molecule has 0 aliphatic carbocycles. The lowest BCUT2D eigenvalue weighted by Crippen LogP contribution is -2.49. The predicted molar refractivity (Wildman–Crippen MR) is 122 cm³/mol. The molecule has 31 heavy (non-hydrogen) atoms. The summed E-state index contributed by atoms with van der Waals surface area (Å²) in [5.41, 5.74) is 2.03. The molecular weight excluding hydrogens is 392 g/mol. The molecule has 9 heteroatoms. The number of nitrogens with zero attached hydrogens (tertiary/aromatic N) is 5. The number of piperazine rings is 1. The van der Waals surface area contributed by atoms with Crippen molar-refractivity contribution in [3.8, 4) is 0 Å². The fraction of sp³-hybridized carbons (Fsp3) is 0.636. The van der Waals surface area contributed by atoms with E-state index in [0.29, 0.717) is 19.6 Å². The molecule has 2 fully saturated rings. The third kappa shape index (κ3) is 4.41. The van der Waals surface area contributed by atoms with Crippen molar-refractivity contribution in [2.24, 2.45) is 4.99 Å². The summed E-state index contributed by atoms with van der Waals surface area (Å²) in [5.74, 6) is 2.11. The Bertz CT molecular complexity index is 834. The van der Waals surface area contributed by atoms with Crippen molar-refractivity contribution in [2.45, 2.75) is 38.6 Å².